The van der Waals surface area contributed by atoms with E-state index in [1.165, 1.54) is 4.90 Å². The summed E-state index contributed by atoms with van der Waals surface area (Å²) in [5.41, 5.74) is 7.27. The average Bonchev–Trinajstić information content (AvgIpc) is 2.80. The highest BCUT2D eigenvalue weighted by Gasteiger charge is 2.28. The maximum absolute atomic E-state index is 11.9. The number of carbonyl (C=O) groups excluding carboxylic acids is 3. The largest absolute Gasteiger partial charge is 0.325 e. The molecule has 23 heavy (non-hydrogen) atoms. The number of nitrogens with two attached hydrogens (primary N) is 1. The Hall–Kier alpha value is -1.92. The van der Waals surface area contributed by atoms with Crippen LogP contribution in [0.5, 0.6) is 0 Å². The summed E-state index contributed by atoms with van der Waals surface area (Å²) in [6.45, 7) is 4.05. The number of hydrogen-bond donors (Lipinski definition) is 2. The van der Waals surface area contributed by atoms with Gasteiger partial charge in [0, 0.05) is 18.5 Å². The van der Waals surface area contributed by atoms with E-state index in [4.69, 9.17) is 5.73 Å². The van der Waals surface area contributed by atoms with Gasteiger partial charge in [-0.15, -0.1) is 12.4 Å². The van der Waals surface area contributed by atoms with Crippen molar-refractivity contribution >= 4 is 35.8 Å². The molecule has 0 aromatic heterocycles. The molecule has 0 spiro atoms. The number of hydrogen-bond acceptors (Lipinski definition) is 4. The molecule has 1 atom stereocenters. The number of imide groups is 1. The Bertz CT molecular complexity index is 571. The monoisotopic (exact) mass is 339 g/mol. The lowest BCUT2D eigenvalue weighted by molar-refractivity contribution is -0.139. The summed E-state index contributed by atoms with van der Waals surface area (Å²) in [6.07, 6.45) is 0.583. The number of anilines is 1. The lowest BCUT2D eigenvalue weighted by atomic mass is 10.0. The van der Waals surface area contributed by atoms with E-state index in [2.05, 4.69) is 5.32 Å². The molecule has 0 radical (unpaired) electrons. The number of nitrogens with zero attached hydrogens (tertiary/aromatic N) is 1. The van der Waals surface area contributed by atoms with Gasteiger partial charge in [0.05, 0.1) is 12.6 Å². The Morgan fingerprint density at radius 1 is 1.17 bits per heavy atom. The lowest BCUT2D eigenvalue weighted by Crippen LogP contribution is -2.39. The topological polar surface area (TPSA) is 92.5 Å². The molecule has 1 saturated heterocycles. The minimum Gasteiger partial charge on any atom is -0.325 e. The summed E-state index contributed by atoms with van der Waals surface area (Å²) in [5.74, 6) is -0.435. The smallest absolute Gasteiger partial charge is 0.241 e. The van der Waals surface area contributed by atoms with Gasteiger partial charge in [0.2, 0.25) is 17.7 Å². The first-order valence-corrected chi connectivity index (χ1v) is 7.37. The molecule has 3 N–H and O–H groups in total. The summed E-state index contributed by atoms with van der Waals surface area (Å²) in [6, 6.07) is 6.50. The van der Waals surface area contributed by atoms with E-state index in [1.54, 1.807) is 24.3 Å². The van der Waals surface area contributed by atoms with Crippen LogP contribution in [0, 0.1) is 5.92 Å². The van der Waals surface area contributed by atoms with Crippen molar-refractivity contribution in [1.82, 2.24) is 4.90 Å². The van der Waals surface area contributed by atoms with E-state index in [0.29, 0.717) is 18.5 Å². The first-order chi connectivity index (χ1) is 10.4. The highest BCUT2D eigenvalue weighted by atomic mass is 35.5. The predicted molar refractivity (Wildman–Crippen MR) is 89.9 cm³/mol. The van der Waals surface area contributed by atoms with Gasteiger partial charge in [0.25, 0.3) is 0 Å². The number of nitrogens with one attached hydrogen (secondary N) is 1. The van der Waals surface area contributed by atoms with Crippen molar-refractivity contribution in [1.29, 1.82) is 0 Å². The van der Waals surface area contributed by atoms with Crippen LogP contribution in [0.15, 0.2) is 24.3 Å². The Morgan fingerprint density at radius 2 is 1.70 bits per heavy atom. The van der Waals surface area contributed by atoms with E-state index >= 15 is 0 Å². The normalized spacial score (nSPS) is 15.6. The van der Waals surface area contributed by atoms with Crippen molar-refractivity contribution in [3.8, 4) is 0 Å². The molecule has 1 fully saturated rings. The number of carbonyl (C=O) groups is 3. The van der Waals surface area contributed by atoms with Crippen molar-refractivity contribution in [2.24, 2.45) is 11.7 Å². The van der Waals surface area contributed by atoms with E-state index < -0.39 is 6.04 Å². The molecule has 126 valence electrons. The Labute approximate surface area is 141 Å². The number of likely N-dealkylation sites (tertiary alicyclic amines) is 1. The summed E-state index contributed by atoms with van der Waals surface area (Å²) in [5, 5.41) is 2.75. The van der Waals surface area contributed by atoms with Crippen molar-refractivity contribution in [2.75, 3.05) is 5.32 Å². The quantitative estimate of drug-likeness (QED) is 0.798. The zero-order valence-electron chi connectivity index (χ0n) is 13.2. The number of benzene rings is 1. The summed E-state index contributed by atoms with van der Waals surface area (Å²) >= 11 is 0. The molecule has 7 heteroatoms. The molecular weight excluding hydrogens is 318 g/mol. The zero-order chi connectivity index (χ0) is 16.3. The highest BCUT2D eigenvalue weighted by molar-refractivity contribution is 6.01. The molecule has 1 aliphatic rings. The van der Waals surface area contributed by atoms with E-state index in [9.17, 15) is 14.4 Å². The van der Waals surface area contributed by atoms with E-state index in [0.717, 1.165) is 5.56 Å². The third-order valence-electron chi connectivity index (χ3n) is 3.74. The van der Waals surface area contributed by atoms with Gasteiger partial charge in [-0.1, -0.05) is 26.0 Å². The number of halogens is 1. The van der Waals surface area contributed by atoms with Crippen LogP contribution in [0.1, 0.15) is 32.3 Å². The first-order valence-electron chi connectivity index (χ1n) is 7.37. The van der Waals surface area contributed by atoms with Gasteiger partial charge < -0.3 is 11.1 Å². The van der Waals surface area contributed by atoms with Crippen LogP contribution in [0.4, 0.5) is 5.69 Å². The molecule has 1 aliphatic heterocycles. The number of rotatable bonds is 5. The minimum absolute atomic E-state index is 0. The van der Waals surface area contributed by atoms with Crippen molar-refractivity contribution in [3.63, 3.8) is 0 Å². The SMILES string of the molecule is CC(C)[C@H](N)C(=O)Nc1ccc(CN2C(=O)CCC2=O)cc1.Cl. The van der Waals surface area contributed by atoms with Gasteiger partial charge >= 0.3 is 0 Å². The third-order valence-corrected chi connectivity index (χ3v) is 3.74. The Kier molecular flexibility index (Phi) is 6.72. The standard InChI is InChI=1S/C16H21N3O3.ClH/c1-10(2)15(17)16(22)18-12-5-3-11(4-6-12)9-19-13(20)7-8-14(19)21;/h3-6,10,15H,7-9,17H2,1-2H3,(H,18,22);1H/t15-;/m0./s1. The van der Waals surface area contributed by atoms with E-state index in [1.807, 2.05) is 13.8 Å². The van der Waals surface area contributed by atoms with Crippen molar-refractivity contribution < 1.29 is 14.4 Å². The van der Waals surface area contributed by atoms with Gasteiger partial charge in [0.1, 0.15) is 0 Å². The predicted octanol–water partition coefficient (Wildman–Crippen LogP) is 1.68. The second-order valence-corrected chi connectivity index (χ2v) is 5.83. The van der Waals surface area contributed by atoms with Gasteiger partial charge in [0.15, 0.2) is 0 Å². The van der Waals surface area contributed by atoms with Crippen LogP contribution in [-0.4, -0.2) is 28.7 Å². The van der Waals surface area contributed by atoms with Gasteiger partial charge in [-0.25, -0.2) is 0 Å². The first kappa shape index (κ1) is 19.1. The summed E-state index contributed by atoms with van der Waals surface area (Å²) in [7, 11) is 0. The molecule has 1 heterocycles. The van der Waals surface area contributed by atoms with Crippen molar-refractivity contribution in [2.45, 2.75) is 39.3 Å². The second kappa shape index (κ2) is 8.08. The molecule has 0 unspecified atom stereocenters. The Balaban J connectivity index is 0.00000264. The second-order valence-electron chi connectivity index (χ2n) is 5.83. The molecule has 0 saturated carbocycles. The molecule has 0 aliphatic carbocycles. The molecule has 3 amide bonds. The van der Waals surface area contributed by atoms with Crippen molar-refractivity contribution in [3.05, 3.63) is 29.8 Å². The molecule has 1 aromatic rings. The molecule has 1 aromatic carbocycles. The van der Waals surface area contributed by atoms with Gasteiger partial charge in [-0.05, 0) is 23.6 Å². The van der Waals surface area contributed by atoms with E-state index in [-0.39, 0.29) is 42.6 Å². The maximum atomic E-state index is 11.9. The molecule has 2 rings (SSSR count). The fourth-order valence-corrected chi connectivity index (χ4v) is 2.20. The van der Waals surface area contributed by atoms with Crippen LogP contribution in [0.25, 0.3) is 0 Å². The molecule has 0 bridgehead atoms. The van der Waals surface area contributed by atoms with Crippen LogP contribution >= 0.6 is 12.4 Å². The maximum Gasteiger partial charge on any atom is 0.241 e. The average molecular weight is 340 g/mol. The number of amides is 3. The molecular formula is C16H22ClN3O3. The zero-order valence-corrected chi connectivity index (χ0v) is 14.1. The Morgan fingerprint density at radius 3 is 2.17 bits per heavy atom. The lowest BCUT2D eigenvalue weighted by Gasteiger charge is -2.16. The summed E-state index contributed by atoms with van der Waals surface area (Å²) in [4.78, 5) is 36.3. The van der Waals surface area contributed by atoms with Crippen LogP contribution in [-0.2, 0) is 20.9 Å². The van der Waals surface area contributed by atoms with Gasteiger partial charge in [-0.2, -0.15) is 0 Å². The van der Waals surface area contributed by atoms with Crippen LogP contribution in [0.2, 0.25) is 0 Å². The van der Waals surface area contributed by atoms with Gasteiger partial charge in [-0.3, -0.25) is 19.3 Å². The van der Waals surface area contributed by atoms with Crippen LogP contribution in [0.3, 0.4) is 0 Å². The third kappa shape index (κ3) is 4.77. The summed E-state index contributed by atoms with van der Waals surface area (Å²) < 4.78 is 0. The molecule has 6 nitrogen and oxygen atoms in total. The minimum atomic E-state index is -0.556. The fraction of sp³-hybridized carbons (Fsp3) is 0.438. The highest BCUT2D eigenvalue weighted by Crippen LogP contribution is 2.17. The van der Waals surface area contributed by atoms with Crippen LogP contribution < -0.4 is 11.1 Å². The fourth-order valence-electron chi connectivity index (χ4n) is 2.20.